The average Bonchev–Trinajstić information content (AvgIpc) is 1.95. The topological polar surface area (TPSA) is 9.23 Å². The van der Waals surface area contributed by atoms with E-state index in [2.05, 4.69) is 11.7 Å². The van der Waals surface area contributed by atoms with Crippen LogP contribution in [-0.4, -0.2) is 6.86 Å². The molecule has 53 valence electrons. The number of rotatable bonds is 2. The third-order valence-electron chi connectivity index (χ3n) is 1.14. The van der Waals surface area contributed by atoms with Gasteiger partial charge in [-0.15, -0.1) is 0 Å². The molecule has 1 nitrogen and oxygen atoms in total. The summed E-state index contributed by atoms with van der Waals surface area (Å²) in [5.74, 6) is 0.537. The largest absolute Gasteiger partial charge is 0.463 e. The minimum Gasteiger partial charge on any atom is -0.463 e. The first-order valence-corrected chi connectivity index (χ1v) is 2.93. The second-order valence-electron chi connectivity index (χ2n) is 1.90. The zero-order valence-corrected chi connectivity index (χ0v) is 5.51. The summed E-state index contributed by atoms with van der Waals surface area (Å²) in [4.78, 5) is 0. The van der Waals surface area contributed by atoms with Gasteiger partial charge in [-0.05, 0) is 24.6 Å². The van der Waals surface area contributed by atoms with Crippen LogP contribution >= 0.6 is 0 Å². The molecular formula is C8H8FO. The number of hydrogen-bond donors (Lipinski definition) is 0. The molecule has 0 unspecified atom stereocenters. The second kappa shape index (κ2) is 3.20. The van der Waals surface area contributed by atoms with Gasteiger partial charge in [0, 0.05) is 0 Å². The van der Waals surface area contributed by atoms with Crippen molar-refractivity contribution >= 4 is 0 Å². The van der Waals surface area contributed by atoms with E-state index in [0.29, 0.717) is 5.75 Å². The SMILES string of the molecule is [CH2]c1ccc(OCF)cc1. The molecule has 1 aromatic carbocycles. The first-order chi connectivity index (χ1) is 4.83. The molecule has 0 aliphatic carbocycles. The molecule has 0 N–H and O–H groups in total. The maximum atomic E-state index is 11.5. The van der Waals surface area contributed by atoms with Crippen LogP contribution in [0.1, 0.15) is 5.56 Å². The molecule has 2 heteroatoms. The summed E-state index contributed by atoms with van der Waals surface area (Å²) in [5.41, 5.74) is 0.895. The van der Waals surface area contributed by atoms with Crippen molar-refractivity contribution in [3.63, 3.8) is 0 Å². The van der Waals surface area contributed by atoms with E-state index in [-0.39, 0.29) is 0 Å². The smallest absolute Gasteiger partial charge is 0.228 e. The molecule has 0 heterocycles. The molecule has 1 rings (SSSR count). The molecule has 1 radical (unpaired) electrons. The summed E-state index contributed by atoms with van der Waals surface area (Å²) in [7, 11) is 0. The molecule has 0 spiro atoms. The highest BCUT2D eigenvalue weighted by molar-refractivity contribution is 5.28. The Kier molecular flexibility index (Phi) is 2.26. The Bertz CT molecular complexity index is 193. The quantitative estimate of drug-likeness (QED) is 0.610. The lowest BCUT2D eigenvalue weighted by molar-refractivity contribution is 0.192. The van der Waals surface area contributed by atoms with Crippen molar-refractivity contribution < 1.29 is 9.13 Å². The van der Waals surface area contributed by atoms with Gasteiger partial charge in [-0.1, -0.05) is 12.1 Å². The minimum absolute atomic E-state index is 0.537. The third-order valence-corrected chi connectivity index (χ3v) is 1.14. The first kappa shape index (κ1) is 7.06. The Hall–Kier alpha value is -1.05. The van der Waals surface area contributed by atoms with Crippen LogP contribution < -0.4 is 4.74 Å². The maximum Gasteiger partial charge on any atom is 0.228 e. The number of alkyl halides is 1. The van der Waals surface area contributed by atoms with Crippen molar-refractivity contribution in [1.29, 1.82) is 0 Å². The predicted octanol–water partition coefficient (Wildman–Crippen LogP) is 2.17. The third kappa shape index (κ3) is 1.72. The van der Waals surface area contributed by atoms with Crippen LogP contribution in [0.4, 0.5) is 4.39 Å². The minimum atomic E-state index is -0.781. The van der Waals surface area contributed by atoms with E-state index >= 15 is 0 Å². The van der Waals surface area contributed by atoms with Gasteiger partial charge in [0.25, 0.3) is 0 Å². The van der Waals surface area contributed by atoms with E-state index in [9.17, 15) is 4.39 Å². The molecule has 0 saturated carbocycles. The summed E-state index contributed by atoms with van der Waals surface area (Å²) in [6.45, 7) is 2.89. The maximum absolute atomic E-state index is 11.5. The monoisotopic (exact) mass is 139 g/mol. The second-order valence-corrected chi connectivity index (χ2v) is 1.90. The summed E-state index contributed by atoms with van der Waals surface area (Å²) in [6.07, 6.45) is 0. The molecule has 0 amide bonds. The Morgan fingerprint density at radius 3 is 2.40 bits per heavy atom. The van der Waals surface area contributed by atoms with Gasteiger partial charge in [0.05, 0.1) is 0 Å². The Morgan fingerprint density at radius 2 is 1.90 bits per heavy atom. The first-order valence-electron chi connectivity index (χ1n) is 2.93. The van der Waals surface area contributed by atoms with Crippen molar-refractivity contribution in [2.75, 3.05) is 6.86 Å². The van der Waals surface area contributed by atoms with Gasteiger partial charge in [0.2, 0.25) is 6.86 Å². The van der Waals surface area contributed by atoms with Gasteiger partial charge in [-0.3, -0.25) is 0 Å². The lowest BCUT2D eigenvalue weighted by atomic mass is 10.2. The highest BCUT2D eigenvalue weighted by atomic mass is 19.1. The van der Waals surface area contributed by atoms with Crippen LogP contribution in [-0.2, 0) is 0 Å². The standard InChI is InChI=1S/C8H8FO/c1-7-2-4-8(5-3-7)10-6-9/h2-5H,1,6H2. The summed E-state index contributed by atoms with van der Waals surface area (Å²) in [6, 6.07) is 6.90. The van der Waals surface area contributed by atoms with Crippen LogP contribution in [0.3, 0.4) is 0 Å². The van der Waals surface area contributed by atoms with Gasteiger partial charge in [-0.25, -0.2) is 4.39 Å². The Labute approximate surface area is 59.4 Å². The zero-order chi connectivity index (χ0) is 7.40. The van der Waals surface area contributed by atoms with Gasteiger partial charge >= 0.3 is 0 Å². The highest BCUT2D eigenvalue weighted by Gasteiger charge is 1.89. The molecule has 0 aliphatic heterocycles. The fraction of sp³-hybridized carbons (Fsp3) is 0.125. The van der Waals surface area contributed by atoms with Gasteiger partial charge in [0.15, 0.2) is 0 Å². The number of halogens is 1. The van der Waals surface area contributed by atoms with E-state index < -0.39 is 6.86 Å². The molecule has 1 aromatic rings. The van der Waals surface area contributed by atoms with E-state index in [1.165, 1.54) is 0 Å². The van der Waals surface area contributed by atoms with Crippen molar-refractivity contribution in [2.45, 2.75) is 0 Å². The van der Waals surface area contributed by atoms with Gasteiger partial charge in [0.1, 0.15) is 5.75 Å². The van der Waals surface area contributed by atoms with Crippen LogP contribution in [0.5, 0.6) is 5.75 Å². The van der Waals surface area contributed by atoms with E-state index in [4.69, 9.17) is 0 Å². The molecule has 0 aliphatic rings. The number of hydrogen-bond acceptors (Lipinski definition) is 1. The number of benzene rings is 1. The lowest BCUT2D eigenvalue weighted by Gasteiger charge is -1.99. The van der Waals surface area contributed by atoms with Crippen molar-refractivity contribution in [3.8, 4) is 5.75 Å². The zero-order valence-electron chi connectivity index (χ0n) is 5.51. The van der Waals surface area contributed by atoms with Crippen molar-refractivity contribution in [3.05, 3.63) is 36.8 Å². The molecule has 0 saturated heterocycles. The normalized spacial score (nSPS) is 9.40. The molecule has 10 heavy (non-hydrogen) atoms. The van der Waals surface area contributed by atoms with E-state index in [1.54, 1.807) is 24.3 Å². The van der Waals surface area contributed by atoms with Gasteiger partial charge < -0.3 is 4.74 Å². The Balaban J connectivity index is 2.69. The number of ether oxygens (including phenoxy) is 1. The fourth-order valence-electron chi connectivity index (χ4n) is 0.649. The summed E-state index contributed by atoms with van der Waals surface area (Å²) < 4.78 is 16.1. The summed E-state index contributed by atoms with van der Waals surface area (Å²) >= 11 is 0. The van der Waals surface area contributed by atoms with Crippen LogP contribution in [0.2, 0.25) is 0 Å². The van der Waals surface area contributed by atoms with Crippen molar-refractivity contribution in [1.82, 2.24) is 0 Å². The fourth-order valence-corrected chi connectivity index (χ4v) is 0.649. The van der Waals surface area contributed by atoms with Crippen LogP contribution in [0.25, 0.3) is 0 Å². The van der Waals surface area contributed by atoms with Gasteiger partial charge in [-0.2, -0.15) is 0 Å². The molecule has 0 fully saturated rings. The molecule has 0 aromatic heterocycles. The highest BCUT2D eigenvalue weighted by Crippen LogP contribution is 2.10. The van der Waals surface area contributed by atoms with E-state index in [0.717, 1.165) is 5.56 Å². The summed E-state index contributed by atoms with van der Waals surface area (Å²) in [5, 5.41) is 0. The van der Waals surface area contributed by atoms with E-state index in [1.807, 2.05) is 0 Å². The molecule has 0 atom stereocenters. The average molecular weight is 139 g/mol. The predicted molar refractivity (Wildman–Crippen MR) is 37.5 cm³/mol. The lowest BCUT2D eigenvalue weighted by Crippen LogP contribution is -1.88. The molecule has 0 bridgehead atoms. The van der Waals surface area contributed by atoms with Crippen LogP contribution in [0.15, 0.2) is 24.3 Å². The van der Waals surface area contributed by atoms with Crippen LogP contribution in [0, 0.1) is 6.92 Å². The Morgan fingerprint density at radius 1 is 1.30 bits per heavy atom. The molecular weight excluding hydrogens is 131 g/mol. The van der Waals surface area contributed by atoms with Crippen molar-refractivity contribution in [2.24, 2.45) is 0 Å².